The average Bonchev–Trinajstić information content (AvgIpc) is 3.42. The molecule has 0 aliphatic carbocycles. The molecule has 140 valence electrons. The van der Waals surface area contributed by atoms with Crippen molar-refractivity contribution in [1.29, 1.82) is 0 Å². The lowest BCUT2D eigenvalue weighted by Crippen LogP contribution is -2.25. The van der Waals surface area contributed by atoms with Gasteiger partial charge in [0.15, 0.2) is 5.82 Å². The lowest BCUT2D eigenvalue weighted by Gasteiger charge is -2.19. The van der Waals surface area contributed by atoms with Gasteiger partial charge in [-0.15, -0.1) is 0 Å². The van der Waals surface area contributed by atoms with Crippen molar-refractivity contribution in [2.24, 2.45) is 0 Å². The quantitative estimate of drug-likeness (QED) is 0.580. The average molecular weight is 372 g/mol. The van der Waals surface area contributed by atoms with Gasteiger partial charge < -0.3 is 14.4 Å². The fourth-order valence-electron chi connectivity index (χ4n) is 3.92. The molecule has 5 rings (SSSR count). The Morgan fingerprint density at radius 1 is 1.14 bits per heavy atom. The Balaban J connectivity index is 1.45. The summed E-state index contributed by atoms with van der Waals surface area (Å²) in [5, 5.41) is 5.23. The van der Waals surface area contributed by atoms with Gasteiger partial charge in [-0.3, -0.25) is 4.79 Å². The number of anilines is 1. The third-order valence-corrected chi connectivity index (χ3v) is 5.62. The van der Waals surface area contributed by atoms with E-state index in [9.17, 15) is 4.79 Å². The van der Waals surface area contributed by atoms with Crippen LogP contribution in [0.15, 0.2) is 53.2 Å². The minimum Gasteiger partial charge on any atom is -0.361 e. The molecule has 0 radical (unpaired) electrons. The Hall–Kier alpha value is -3.41. The molecule has 1 aliphatic rings. The normalized spacial score (nSPS) is 17.0. The van der Waals surface area contributed by atoms with E-state index in [1.165, 1.54) is 5.56 Å². The number of H-pyrrole nitrogens is 1. The molecule has 4 aromatic rings. The zero-order valence-corrected chi connectivity index (χ0v) is 15.8. The summed E-state index contributed by atoms with van der Waals surface area (Å²) in [5.74, 6) is 1.09. The highest BCUT2D eigenvalue weighted by Gasteiger charge is 2.35. The van der Waals surface area contributed by atoms with Crippen molar-refractivity contribution in [1.82, 2.24) is 15.1 Å². The van der Waals surface area contributed by atoms with E-state index in [-0.39, 0.29) is 11.8 Å². The number of hydrogen-bond acceptors (Lipinski definition) is 4. The molecule has 1 atom stereocenters. The predicted octanol–water partition coefficient (Wildman–Crippen LogP) is 4.36. The second kappa shape index (κ2) is 6.34. The fourth-order valence-corrected chi connectivity index (χ4v) is 3.92. The van der Waals surface area contributed by atoms with Crippen LogP contribution in [0.25, 0.3) is 22.4 Å². The molecule has 28 heavy (non-hydrogen) atoms. The van der Waals surface area contributed by atoms with Gasteiger partial charge >= 0.3 is 0 Å². The van der Waals surface area contributed by atoms with Crippen LogP contribution in [-0.4, -0.2) is 27.6 Å². The molecule has 0 spiro atoms. The minimum atomic E-state index is -0.0738. The van der Waals surface area contributed by atoms with Crippen molar-refractivity contribution in [2.75, 3.05) is 11.4 Å². The summed E-state index contributed by atoms with van der Waals surface area (Å²) in [6.07, 6.45) is 2.28. The summed E-state index contributed by atoms with van der Waals surface area (Å²) in [6, 6.07) is 14.0. The Morgan fingerprint density at radius 2 is 2.00 bits per heavy atom. The van der Waals surface area contributed by atoms with E-state index in [4.69, 9.17) is 4.52 Å². The molecule has 1 N–H and O–H groups in total. The summed E-state index contributed by atoms with van der Waals surface area (Å²) < 4.78 is 5.55. The second-order valence-corrected chi connectivity index (χ2v) is 7.33. The van der Waals surface area contributed by atoms with Crippen molar-refractivity contribution < 1.29 is 9.32 Å². The highest BCUT2D eigenvalue weighted by Crippen LogP contribution is 2.34. The first kappa shape index (κ1) is 16.7. The highest BCUT2D eigenvalue weighted by atomic mass is 16.5. The first-order chi connectivity index (χ1) is 13.6. The molecule has 1 fully saturated rings. The number of rotatable bonds is 3. The van der Waals surface area contributed by atoms with Crippen LogP contribution < -0.4 is 4.90 Å². The number of hydrogen-bond donors (Lipinski definition) is 1. The number of carbonyl (C=O) groups is 1. The highest BCUT2D eigenvalue weighted by molar-refractivity contribution is 5.97. The summed E-state index contributed by atoms with van der Waals surface area (Å²) in [7, 11) is 0. The molecule has 2 aromatic carbocycles. The number of benzene rings is 2. The molecule has 1 unspecified atom stereocenters. The van der Waals surface area contributed by atoms with E-state index in [1.54, 1.807) is 0 Å². The van der Waals surface area contributed by atoms with Crippen LogP contribution in [0.4, 0.5) is 5.69 Å². The minimum absolute atomic E-state index is 0.0738. The maximum atomic E-state index is 12.7. The van der Waals surface area contributed by atoms with E-state index in [0.29, 0.717) is 24.7 Å². The molecule has 2 aromatic heterocycles. The lowest BCUT2D eigenvalue weighted by molar-refractivity contribution is -0.117. The topological polar surface area (TPSA) is 75.0 Å². The first-order valence-corrected chi connectivity index (χ1v) is 9.38. The van der Waals surface area contributed by atoms with Crippen LogP contribution in [-0.2, 0) is 4.79 Å². The van der Waals surface area contributed by atoms with Crippen LogP contribution >= 0.6 is 0 Å². The summed E-state index contributed by atoms with van der Waals surface area (Å²) in [6.45, 7) is 4.68. The van der Waals surface area contributed by atoms with E-state index in [2.05, 4.69) is 35.0 Å². The Morgan fingerprint density at radius 3 is 2.89 bits per heavy atom. The van der Waals surface area contributed by atoms with Crippen molar-refractivity contribution in [3.05, 3.63) is 65.6 Å². The van der Waals surface area contributed by atoms with Crippen LogP contribution in [0.1, 0.15) is 29.3 Å². The van der Waals surface area contributed by atoms with Crippen LogP contribution in [0.5, 0.6) is 0 Å². The number of fused-ring (bicyclic) bond motifs is 1. The SMILES string of the molecule is Cc1cccc(N2CC(c3noc(-c4cccc5[nH]ccc45)n3)CC2=O)c1C. The number of aryl methyl sites for hydroxylation is 1. The molecular weight excluding hydrogens is 352 g/mol. The van der Waals surface area contributed by atoms with Gasteiger partial charge in [0.25, 0.3) is 5.89 Å². The molecule has 6 nitrogen and oxygen atoms in total. The van der Waals surface area contributed by atoms with Gasteiger partial charge in [-0.2, -0.15) is 4.98 Å². The number of aromatic amines is 1. The molecule has 0 saturated carbocycles. The summed E-state index contributed by atoms with van der Waals surface area (Å²) in [4.78, 5) is 22.3. The first-order valence-electron chi connectivity index (χ1n) is 9.38. The van der Waals surface area contributed by atoms with Gasteiger partial charge in [-0.1, -0.05) is 23.4 Å². The maximum absolute atomic E-state index is 12.7. The Labute approximate surface area is 162 Å². The van der Waals surface area contributed by atoms with Crippen molar-refractivity contribution in [3.63, 3.8) is 0 Å². The zero-order chi connectivity index (χ0) is 19.3. The molecule has 1 aliphatic heterocycles. The van der Waals surface area contributed by atoms with Crippen LogP contribution in [0, 0.1) is 13.8 Å². The second-order valence-electron chi connectivity index (χ2n) is 7.33. The van der Waals surface area contributed by atoms with Gasteiger partial charge in [0, 0.05) is 47.2 Å². The lowest BCUT2D eigenvalue weighted by atomic mass is 10.1. The van der Waals surface area contributed by atoms with E-state index in [0.717, 1.165) is 27.7 Å². The molecule has 1 saturated heterocycles. The number of aromatic nitrogens is 3. The molecule has 3 heterocycles. The Kier molecular flexibility index (Phi) is 3.79. The van der Waals surface area contributed by atoms with Crippen LogP contribution in [0.3, 0.4) is 0 Å². The van der Waals surface area contributed by atoms with E-state index in [1.807, 2.05) is 47.5 Å². The Bertz CT molecular complexity index is 1190. The zero-order valence-electron chi connectivity index (χ0n) is 15.8. The molecule has 6 heteroatoms. The number of amides is 1. The monoisotopic (exact) mass is 372 g/mol. The maximum Gasteiger partial charge on any atom is 0.258 e. The third kappa shape index (κ3) is 2.60. The molecule has 1 amide bonds. The number of nitrogens with zero attached hydrogens (tertiary/aromatic N) is 3. The summed E-state index contributed by atoms with van der Waals surface area (Å²) >= 11 is 0. The smallest absolute Gasteiger partial charge is 0.258 e. The fraction of sp³-hybridized carbons (Fsp3) is 0.227. The largest absolute Gasteiger partial charge is 0.361 e. The van der Waals surface area contributed by atoms with Crippen molar-refractivity contribution >= 4 is 22.5 Å². The number of nitrogens with one attached hydrogen (secondary N) is 1. The molecule has 0 bridgehead atoms. The molecular formula is C22H20N4O2. The van der Waals surface area contributed by atoms with E-state index < -0.39 is 0 Å². The van der Waals surface area contributed by atoms with Gasteiger partial charge in [0.05, 0.1) is 0 Å². The summed E-state index contributed by atoms with van der Waals surface area (Å²) in [5.41, 5.74) is 5.19. The van der Waals surface area contributed by atoms with Gasteiger partial charge in [-0.25, -0.2) is 0 Å². The van der Waals surface area contributed by atoms with Gasteiger partial charge in [0.2, 0.25) is 5.91 Å². The predicted molar refractivity (Wildman–Crippen MR) is 107 cm³/mol. The van der Waals surface area contributed by atoms with E-state index >= 15 is 0 Å². The van der Waals surface area contributed by atoms with Crippen molar-refractivity contribution in [2.45, 2.75) is 26.2 Å². The standard InChI is InChI=1S/C22H20N4O2/c1-13-5-3-8-19(14(13)2)26-12-15(11-20(26)27)21-24-22(28-25-21)17-6-4-7-18-16(17)9-10-23-18/h3-10,15,23H,11-12H2,1-2H3. The van der Waals surface area contributed by atoms with Crippen LogP contribution in [0.2, 0.25) is 0 Å². The van der Waals surface area contributed by atoms with Crippen molar-refractivity contribution in [3.8, 4) is 11.5 Å². The number of carbonyl (C=O) groups excluding carboxylic acids is 1. The third-order valence-electron chi connectivity index (χ3n) is 5.62. The van der Waals surface area contributed by atoms with Gasteiger partial charge in [-0.05, 0) is 49.2 Å². The van der Waals surface area contributed by atoms with Gasteiger partial charge in [0.1, 0.15) is 0 Å².